The summed E-state index contributed by atoms with van der Waals surface area (Å²) in [6.45, 7) is 17.0. The summed E-state index contributed by atoms with van der Waals surface area (Å²) in [7, 11) is 0. The lowest BCUT2D eigenvalue weighted by molar-refractivity contribution is -0.200. The standard InChI is InChI=1S/C28H40O5/c1-16-8-9-23-27(6,20(16)15-19-21(30)14-17(2)32-25(19)31)12-10-22-26(4,5)24(33-18(3)29)11-13-28(22,23)7/h14,20,22-24,30H,1,8-13,15H2,2-7H3. The maximum absolute atomic E-state index is 12.6. The molecule has 5 heteroatoms. The smallest absolute Gasteiger partial charge is 0.342 e. The number of aryl methyl sites for hydroxylation is 1. The number of carbonyl (C=O) groups excluding carboxylic acids is 1. The average molecular weight is 457 g/mol. The molecule has 4 rings (SSSR count). The van der Waals surface area contributed by atoms with E-state index in [-0.39, 0.29) is 40.0 Å². The van der Waals surface area contributed by atoms with Crippen molar-refractivity contribution in [3.05, 3.63) is 40.0 Å². The first kappa shape index (κ1) is 24.1. The molecule has 3 saturated carbocycles. The van der Waals surface area contributed by atoms with Crippen LogP contribution in [0.5, 0.6) is 5.75 Å². The summed E-state index contributed by atoms with van der Waals surface area (Å²) in [5.41, 5.74) is 1.16. The number of hydrogen-bond acceptors (Lipinski definition) is 5. The number of carbonyl (C=O) groups is 1. The minimum Gasteiger partial charge on any atom is -0.507 e. The molecule has 0 spiro atoms. The van der Waals surface area contributed by atoms with E-state index in [0.29, 0.717) is 29.6 Å². The Balaban J connectivity index is 1.69. The lowest BCUT2D eigenvalue weighted by Gasteiger charge is -2.66. The maximum atomic E-state index is 12.6. The Bertz CT molecular complexity index is 1020. The Morgan fingerprint density at radius 3 is 2.45 bits per heavy atom. The van der Waals surface area contributed by atoms with Crippen molar-refractivity contribution >= 4 is 5.97 Å². The van der Waals surface area contributed by atoms with E-state index in [0.717, 1.165) is 38.5 Å². The SMILES string of the molecule is C=C1CCC2C(C)(CCC3C(C)(C)C(OC(C)=O)CCC32C)C1Cc1c(O)cc(C)oc1=O. The number of esters is 1. The van der Waals surface area contributed by atoms with Gasteiger partial charge in [0.25, 0.3) is 0 Å². The molecule has 33 heavy (non-hydrogen) atoms. The van der Waals surface area contributed by atoms with Crippen LogP contribution in [0.4, 0.5) is 0 Å². The zero-order valence-corrected chi connectivity index (χ0v) is 21.1. The predicted octanol–water partition coefficient (Wildman–Crippen LogP) is 5.95. The van der Waals surface area contributed by atoms with Gasteiger partial charge in [0.15, 0.2) is 0 Å². The van der Waals surface area contributed by atoms with E-state index in [1.807, 2.05) is 0 Å². The number of aromatic hydroxyl groups is 1. The van der Waals surface area contributed by atoms with E-state index in [9.17, 15) is 14.7 Å². The van der Waals surface area contributed by atoms with Crippen molar-refractivity contribution in [2.24, 2.45) is 34.0 Å². The molecule has 0 saturated heterocycles. The van der Waals surface area contributed by atoms with Gasteiger partial charge in [0.05, 0.1) is 5.56 Å². The molecule has 0 aromatic carbocycles. The first-order valence-electron chi connectivity index (χ1n) is 12.5. The van der Waals surface area contributed by atoms with Gasteiger partial charge in [0, 0.05) is 18.4 Å². The zero-order chi connectivity index (χ0) is 24.3. The van der Waals surface area contributed by atoms with Crippen molar-refractivity contribution < 1.29 is 19.1 Å². The van der Waals surface area contributed by atoms with Gasteiger partial charge >= 0.3 is 11.6 Å². The molecular weight excluding hydrogens is 416 g/mol. The van der Waals surface area contributed by atoms with Crippen LogP contribution in [-0.4, -0.2) is 17.2 Å². The highest BCUT2D eigenvalue weighted by Gasteiger charge is 2.63. The van der Waals surface area contributed by atoms with Crippen LogP contribution in [0, 0.1) is 40.9 Å². The van der Waals surface area contributed by atoms with Crippen LogP contribution in [0.25, 0.3) is 0 Å². The van der Waals surface area contributed by atoms with Crippen LogP contribution in [0.15, 0.2) is 27.4 Å². The molecule has 5 nitrogen and oxygen atoms in total. The molecule has 6 unspecified atom stereocenters. The quantitative estimate of drug-likeness (QED) is 0.449. The van der Waals surface area contributed by atoms with Crippen LogP contribution >= 0.6 is 0 Å². The summed E-state index contributed by atoms with van der Waals surface area (Å²) in [6.07, 6.45) is 6.50. The van der Waals surface area contributed by atoms with Crippen LogP contribution in [-0.2, 0) is 16.0 Å². The largest absolute Gasteiger partial charge is 0.507 e. The number of fused-ring (bicyclic) bond motifs is 3. The van der Waals surface area contributed by atoms with Crippen molar-refractivity contribution in [1.82, 2.24) is 0 Å². The topological polar surface area (TPSA) is 76.7 Å². The molecule has 0 amide bonds. The van der Waals surface area contributed by atoms with E-state index < -0.39 is 5.63 Å². The van der Waals surface area contributed by atoms with Gasteiger partial charge in [-0.2, -0.15) is 0 Å². The van der Waals surface area contributed by atoms with Crippen LogP contribution < -0.4 is 5.63 Å². The highest BCUT2D eigenvalue weighted by atomic mass is 16.5. The van der Waals surface area contributed by atoms with Crippen molar-refractivity contribution in [3.8, 4) is 5.75 Å². The Hall–Kier alpha value is -2.04. The molecular formula is C28H40O5. The van der Waals surface area contributed by atoms with Crippen molar-refractivity contribution in [3.63, 3.8) is 0 Å². The third-order valence-electron chi connectivity index (χ3n) is 9.94. The molecule has 6 atom stereocenters. The average Bonchev–Trinajstić information content (AvgIpc) is 2.68. The molecule has 1 aromatic rings. The normalized spacial score (nSPS) is 37.7. The summed E-state index contributed by atoms with van der Waals surface area (Å²) < 4.78 is 11.1. The Morgan fingerprint density at radius 2 is 1.82 bits per heavy atom. The minimum absolute atomic E-state index is 0.00526. The van der Waals surface area contributed by atoms with Gasteiger partial charge in [0.1, 0.15) is 17.6 Å². The zero-order valence-electron chi connectivity index (χ0n) is 21.1. The molecule has 182 valence electrons. The van der Waals surface area contributed by atoms with Gasteiger partial charge in [-0.25, -0.2) is 4.79 Å². The highest BCUT2D eigenvalue weighted by molar-refractivity contribution is 5.66. The number of hydrogen-bond donors (Lipinski definition) is 1. The highest BCUT2D eigenvalue weighted by Crippen LogP contribution is 2.69. The van der Waals surface area contributed by atoms with Gasteiger partial charge in [-0.05, 0) is 80.5 Å². The summed E-state index contributed by atoms with van der Waals surface area (Å²) in [5.74, 6) is 1.34. The molecule has 3 fully saturated rings. The Labute approximate surface area is 197 Å². The molecule has 0 aliphatic heterocycles. The third kappa shape index (κ3) is 3.76. The first-order valence-corrected chi connectivity index (χ1v) is 12.5. The van der Waals surface area contributed by atoms with E-state index in [1.165, 1.54) is 12.5 Å². The fourth-order valence-corrected chi connectivity index (χ4v) is 8.41. The molecule has 3 aliphatic rings. The molecule has 0 bridgehead atoms. The number of ether oxygens (including phenoxy) is 1. The summed E-state index contributed by atoms with van der Waals surface area (Å²) in [6, 6.07) is 1.54. The fraction of sp³-hybridized carbons (Fsp3) is 0.714. The van der Waals surface area contributed by atoms with Gasteiger partial charge in [-0.3, -0.25) is 4.79 Å². The second-order valence-corrected chi connectivity index (χ2v) is 12.1. The third-order valence-corrected chi connectivity index (χ3v) is 9.94. The maximum Gasteiger partial charge on any atom is 0.342 e. The molecule has 3 aliphatic carbocycles. The monoisotopic (exact) mass is 456 g/mol. The summed E-state index contributed by atoms with van der Waals surface area (Å²) in [5, 5.41) is 10.5. The van der Waals surface area contributed by atoms with Crippen LogP contribution in [0.3, 0.4) is 0 Å². The Morgan fingerprint density at radius 1 is 1.15 bits per heavy atom. The second kappa shape index (κ2) is 8.02. The van der Waals surface area contributed by atoms with Crippen molar-refractivity contribution in [2.75, 3.05) is 0 Å². The van der Waals surface area contributed by atoms with Crippen LogP contribution in [0.1, 0.15) is 84.5 Å². The Kier molecular flexibility index (Phi) is 5.86. The van der Waals surface area contributed by atoms with Gasteiger partial charge < -0.3 is 14.3 Å². The lowest BCUT2D eigenvalue weighted by atomic mass is 9.38. The van der Waals surface area contributed by atoms with E-state index in [2.05, 4.69) is 34.3 Å². The first-order chi connectivity index (χ1) is 15.3. The van der Waals surface area contributed by atoms with Crippen LogP contribution in [0.2, 0.25) is 0 Å². The van der Waals surface area contributed by atoms with E-state index in [4.69, 9.17) is 9.15 Å². The second-order valence-electron chi connectivity index (χ2n) is 12.1. The summed E-state index contributed by atoms with van der Waals surface area (Å²) >= 11 is 0. The molecule has 0 radical (unpaired) electrons. The lowest BCUT2D eigenvalue weighted by Crippen LogP contribution is -2.61. The number of rotatable bonds is 3. The van der Waals surface area contributed by atoms with E-state index in [1.54, 1.807) is 13.0 Å². The fourth-order valence-electron chi connectivity index (χ4n) is 8.41. The minimum atomic E-state index is -0.436. The van der Waals surface area contributed by atoms with Crippen molar-refractivity contribution in [1.29, 1.82) is 0 Å². The predicted molar refractivity (Wildman–Crippen MR) is 128 cm³/mol. The van der Waals surface area contributed by atoms with Crippen molar-refractivity contribution in [2.45, 2.75) is 92.6 Å². The number of allylic oxidation sites excluding steroid dienone is 1. The van der Waals surface area contributed by atoms with Gasteiger partial charge in [0.2, 0.25) is 0 Å². The van der Waals surface area contributed by atoms with Gasteiger partial charge in [-0.1, -0.05) is 39.8 Å². The van der Waals surface area contributed by atoms with Gasteiger partial charge in [-0.15, -0.1) is 0 Å². The molecule has 1 aromatic heterocycles. The van der Waals surface area contributed by atoms with E-state index >= 15 is 0 Å². The molecule has 1 N–H and O–H groups in total. The summed E-state index contributed by atoms with van der Waals surface area (Å²) in [4.78, 5) is 24.4. The molecule has 1 heterocycles.